The Morgan fingerprint density at radius 1 is 1.00 bits per heavy atom. The molecule has 1 aliphatic carbocycles. The van der Waals surface area contributed by atoms with Gasteiger partial charge in [0.05, 0.1) is 4.47 Å². The molecule has 2 aliphatic rings. The molecule has 2 fully saturated rings. The van der Waals surface area contributed by atoms with Gasteiger partial charge in [0.2, 0.25) is 17.8 Å². The maximum atomic E-state index is 12.6. The summed E-state index contributed by atoms with van der Waals surface area (Å²) in [5.41, 5.74) is 6.48. The predicted octanol–water partition coefficient (Wildman–Crippen LogP) is 4.37. The second kappa shape index (κ2) is 11.0. The normalized spacial score (nSPS) is 16.7. The van der Waals surface area contributed by atoms with Crippen molar-refractivity contribution in [1.82, 2.24) is 14.9 Å². The number of likely N-dealkylation sites (tertiary alicyclic amines) is 1. The number of nitrogens with two attached hydrogens (primary N) is 1. The van der Waals surface area contributed by atoms with Crippen LogP contribution in [-0.2, 0) is 9.59 Å². The number of amides is 4. The maximum Gasteiger partial charge on any atom is 0.321 e. The third-order valence-corrected chi connectivity index (χ3v) is 7.28. The molecule has 186 valence electrons. The first kappa shape index (κ1) is 24.9. The van der Waals surface area contributed by atoms with E-state index in [-0.39, 0.29) is 24.3 Å². The standard InChI is InChI=1S/C24H30BrN7O3/c25-18-15-27-22(28-16-5-7-17(8-6-16)29-23(35)32-13-3-4-14-32)31-20(18)30-19(33)9-12-24(21(26)34)10-1-2-11-24/h5-8,15H,1-4,9-14H2,(H2,26,34)(H,29,35)(H2,27,28,30,31,33). The SMILES string of the molecule is NC(=O)C1(CCC(=O)Nc2nc(Nc3ccc(NC(=O)N4CCCC4)cc3)ncc2Br)CCCC1. The first-order valence-electron chi connectivity index (χ1n) is 11.9. The Morgan fingerprint density at radius 3 is 2.31 bits per heavy atom. The van der Waals surface area contributed by atoms with Crippen LogP contribution in [0.4, 0.5) is 27.9 Å². The van der Waals surface area contributed by atoms with E-state index in [4.69, 9.17) is 5.73 Å². The van der Waals surface area contributed by atoms with E-state index in [0.29, 0.717) is 28.3 Å². The second-order valence-electron chi connectivity index (χ2n) is 9.12. The average Bonchev–Trinajstić information content (AvgIpc) is 3.54. The number of carbonyl (C=O) groups is 3. The van der Waals surface area contributed by atoms with Gasteiger partial charge in [-0.3, -0.25) is 9.59 Å². The predicted molar refractivity (Wildman–Crippen MR) is 137 cm³/mol. The zero-order chi connectivity index (χ0) is 24.8. The number of urea groups is 1. The van der Waals surface area contributed by atoms with Crippen LogP contribution in [0.15, 0.2) is 34.9 Å². The first-order chi connectivity index (χ1) is 16.8. The molecule has 1 aromatic carbocycles. The fraction of sp³-hybridized carbons (Fsp3) is 0.458. The van der Waals surface area contributed by atoms with Crippen LogP contribution in [0.5, 0.6) is 0 Å². The largest absolute Gasteiger partial charge is 0.369 e. The van der Waals surface area contributed by atoms with Gasteiger partial charge >= 0.3 is 6.03 Å². The number of halogens is 1. The number of hydrogen-bond acceptors (Lipinski definition) is 6. The van der Waals surface area contributed by atoms with Crippen LogP contribution >= 0.6 is 15.9 Å². The van der Waals surface area contributed by atoms with Gasteiger partial charge in [0, 0.05) is 42.5 Å². The molecule has 0 atom stereocenters. The molecule has 5 N–H and O–H groups in total. The molecule has 2 aromatic rings. The van der Waals surface area contributed by atoms with Crippen LogP contribution in [-0.4, -0.2) is 45.8 Å². The van der Waals surface area contributed by atoms with Gasteiger partial charge in [-0.15, -0.1) is 0 Å². The summed E-state index contributed by atoms with van der Waals surface area (Å²) in [4.78, 5) is 47.2. The first-order valence-corrected chi connectivity index (χ1v) is 12.7. The van der Waals surface area contributed by atoms with Gasteiger partial charge in [-0.1, -0.05) is 12.8 Å². The summed E-state index contributed by atoms with van der Waals surface area (Å²) in [6.45, 7) is 1.58. The molecule has 1 aliphatic heterocycles. The third-order valence-electron chi connectivity index (χ3n) is 6.70. The highest BCUT2D eigenvalue weighted by atomic mass is 79.9. The van der Waals surface area contributed by atoms with Gasteiger partial charge < -0.3 is 26.6 Å². The molecule has 35 heavy (non-hydrogen) atoms. The molecule has 10 nitrogen and oxygen atoms in total. The number of nitrogens with one attached hydrogen (secondary N) is 3. The van der Waals surface area contributed by atoms with Gasteiger partial charge in [0.15, 0.2) is 5.82 Å². The fourth-order valence-corrected chi connectivity index (χ4v) is 4.91. The van der Waals surface area contributed by atoms with Crippen molar-refractivity contribution in [2.45, 2.75) is 51.4 Å². The maximum absolute atomic E-state index is 12.6. The number of hydrogen-bond donors (Lipinski definition) is 4. The highest BCUT2D eigenvalue weighted by molar-refractivity contribution is 9.10. The molecule has 0 bridgehead atoms. The molecular weight excluding hydrogens is 514 g/mol. The zero-order valence-electron chi connectivity index (χ0n) is 19.5. The minimum absolute atomic E-state index is 0.0884. The third kappa shape index (κ3) is 6.27. The summed E-state index contributed by atoms with van der Waals surface area (Å²) in [5, 5.41) is 8.79. The summed E-state index contributed by atoms with van der Waals surface area (Å²) in [6, 6.07) is 7.14. The zero-order valence-corrected chi connectivity index (χ0v) is 21.1. The van der Waals surface area contributed by atoms with E-state index in [0.717, 1.165) is 57.3 Å². The summed E-state index contributed by atoms with van der Waals surface area (Å²) in [6.07, 6.45) is 7.65. The smallest absolute Gasteiger partial charge is 0.321 e. The van der Waals surface area contributed by atoms with Crippen LogP contribution in [0.3, 0.4) is 0 Å². The van der Waals surface area contributed by atoms with Crippen LogP contribution in [0.2, 0.25) is 0 Å². The molecular formula is C24H30BrN7O3. The van der Waals surface area contributed by atoms with Crippen molar-refractivity contribution < 1.29 is 14.4 Å². The number of rotatable bonds is 8. The molecule has 0 spiro atoms. The molecule has 1 saturated carbocycles. The number of aromatic nitrogens is 2. The highest BCUT2D eigenvalue weighted by Gasteiger charge is 2.39. The van der Waals surface area contributed by atoms with Crippen molar-refractivity contribution in [3.63, 3.8) is 0 Å². The van der Waals surface area contributed by atoms with Gasteiger partial charge in [0.25, 0.3) is 0 Å². The number of nitrogens with zero attached hydrogens (tertiary/aromatic N) is 3. The van der Waals surface area contributed by atoms with Gasteiger partial charge in [-0.25, -0.2) is 9.78 Å². The average molecular weight is 544 g/mol. The van der Waals surface area contributed by atoms with E-state index in [1.807, 2.05) is 12.1 Å². The number of primary amides is 1. The Hall–Kier alpha value is -3.21. The van der Waals surface area contributed by atoms with Crippen molar-refractivity contribution in [2.75, 3.05) is 29.0 Å². The van der Waals surface area contributed by atoms with Crippen LogP contribution in [0.25, 0.3) is 0 Å². The lowest BCUT2D eigenvalue weighted by atomic mass is 9.81. The summed E-state index contributed by atoms with van der Waals surface area (Å²) in [5.74, 6) is 0.0865. The quantitative estimate of drug-likeness (QED) is 0.389. The van der Waals surface area contributed by atoms with Gasteiger partial charge in [0.1, 0.15) is 0 Å². The Bertz CT molecular complexity index is 1080. The van der Waals surface area contributed by atoms with Gasteiger partial charge in [-0.05, 0) is 72.3 Å². The van der Waals surface area contributed by atoms with E-state index >= 15 is 0 Å². The summed E-state index contributed by atoms with van der Waals surface area (Å²) < 4.78 is 0.543. The number of benzene rings is 1. The van der Waals surface area contributed by atoms with E-state index in [1.165, 1.54) is 0 Å². The minimum atomic E-state index is -0.576. The Labute approximate surface area is 212 Å². The van der Waals surface area contributed by atoms with E-state index < -0.39 is 5.41 Å². The lowest BCUT2D eigenvalue weighted by Gasteiger charge is -2.24. The monoisotopic (exact) mass is 543 g/mol. The number of carbonyl (C=O) groups excluding carboxylic acids is 3. The lowest BCUT2D eigenvalue weighted by Crippen LogP contribution is -2.35. The molecule has 0 unspecified atom stereocenters. The molecule has 0 radical (unpaired) electrons. The van der Waals surface area contributed by atoms with Crippen molar-refractivity contribution in [1.29, 1.82) is 0 Å². The minimum Gasteiger partial charge on any atom is -0.369 e. The van der Waals surface area contributed by atoms with Crippen LogP contribution in [0, 0.1) is 5.41 Å². The van der Waals surface area contributed by atoms with Crippen molar-refractivity contribution in [3.05, 3.63) is 34.9 Å². The van der Waals surface area contributed by atoms with E-state index in [2.05, 4.69) is 41.8 Å². The lowest BCUT2D eigenvalue weighted by molar-refractivity contribution is -0.128. The van der Waals surface area contributed by atoms with Crippen molar-refractivity contribution in [2.24, 2.45) is 11.1 Å². The Morgan fingerprint density at radius 2 is 1.66 bits per heavy atom. The number of anilines is 4. The second-order valence-corrected chi connectivity index (χ2v) is 9.97. The topological polar surface area (TPSA) is 142 Å². The van der Waals surface area contributed by atoms with E-state index in [9.17, 15) is 14.4 Å². The molecule has 4 amide bonds. The van der Waals surface area contributed by atoms with Crippen LogP contribution < -0.4 is 21.7 Å². The molecule has 2 heterocycles. The fourth-order valence-electron chi connectivity index (χ4n) is 4.62. The Kier molecular flexibility index (Phi) is 7.84. The summed E-state index contributed by atoms with van der Waals surface area (Å²) >= 11 is 3.37. The Balaban J connectivity index is 1.33. The molecule has 1 saturated heterocycles. The van der Waals surface area contributed by atoms with Gasteiger partial charge in [-0.2, -0.15) is 4.98 Å². The molecule has 11 heteroatoms. The van der Waals surface area contributed by atoms with Crippen molar-refractivity contribution >= 4 is 56.9 Å². The molecule has 4 rings (SSSR count). The van der Waals surface area contributed by atoms with Crippen LogP contribution in [0.1, 0.15) is 51.4 Å². The summed E-state index contributed by atoms with van der Waals surface area (Å²) in [7, 11) is 0. The highest BCUT2D eigenvalue weighted by Crippen LogP contribution is 2.41. The van der Waals surface area contributed by atoms with E-state index in [1.54, 1.807) is 23.2 Å². The molecule has 1 aromatic heterocycles. The van der Waals surface area contributed by atoms with Crippen molar-refractivity contribution in [3.8, 4) is 0 Å².